The predicted octanol–water partition coefficient (Wildman–Crippen LogP) is 1.38. The molecule has 1 aromatic carbocycles. The van der Waals surface area contributed by atoms with Crippen LogP contribution in [0.25, 0.3) is 0 Å². The van der Waals surface area contributed by atoms with Gasteiger partial charge in [0.1, 0.15) is 5.69 Å². The second-order valence-electron chi connectivity index (χ2n) is 3.60. The topological polar surface area (TPSA) is 94.1 Å². The number of halogens is 1. The molecule has 18 heavy (non-hydrogen) atoms. The molecule has 0 fully saturated rings. The summed E-state index contributed by atoms with van der Waals surface area (Å²) in [5, 5.41) is 27.5. The summed E-state index contributed by atoms with van der Waals surface area (Å²) in [6.07, 6.45) is 1.53. The quantitative estimate of drug-likeness (QED) is 0.668. The van der Waals surface area contributed by atoms with Crippen molar-refractivity contribution in [3.05, 3.63) is 50.8 Å². The Morgan fingerprint density at radius 3 is 2.89 bits per heavy atom. The van der Waals surface area contributed by atoms with Crippen LogP contribution >= 0.6 is 11.6 Å². The van der Waals surface area contributed by atoms with E-state index >= 15 is 0 Å². The van der Waals surface area contributed by atoms with Gasteiger partial charge in [-0.1, -0.05) is 16.8 Å². The summed E-state index contributed by atoms with van der Waals surface area (Å²) in [6, 6.07) is 4.44. The van der Waals surface area contributed by atoms with Crippen molar-refractivity contribution in [2.24, 2.45) is 0 Å². The standard InChI is InChI=1S/C10H9ClN4O3/c11-8-2-1-7(10(3-8)15(17)18)4-14-5-9(6-16)12-13-14/h1-3,5,16H,4,6H2. The summed E-state index contributed by atoms with van der Waals surface area (Å²) in [5.74, 6) is 0. The molecule has 0 aliphatic carbocycles. The fraction of sp³-hybridized carbons (Fsp3) is 0.200. The van der Waals surface area contributed by atoms with E-state index in [1.54, 1.807) is 12.1 Å². The van der Waals surface area contributed by atoms with Gasteiger partial charge in [-0.15, -0.1) is 5.10 Å². The molecule has 1 aromatic heterocycles. The molecule has 2 rings (SSSR count). The van der Waals surface area contributed by atoms with E-state index in [0.29, 0.717) is 16.3 Å². The highest BCUT2D eigenvalue weighted by atomic mass is 35.5. The van der Waals surface area contributed by atoms with Gasteiger partial charge in [0, 0.05) is 11.1 Å². The minimum atomic E-state index is -0.495. The lowest BCUT2D eigenvalue weighted by atomic mass is 10.2. The number of aliphatic hydroxyl groups is 1. The van der Waals surface area contributed by atoms with Gasteiger partial charge in [0.2, 0.25) is 0 Å². The third-order valence-electron chi connectivity index (χ3n) is 2.32. The summed E-state index contributed by atoms with van der Waals surface area (Å²) in [5.41, 5.74) is 0.814. The minimum absolute atomic E-state index is 0.0662. The fourth-order valence-corrected chi connectivity index (χ4v) is 1.67. The number of benzene rings is 1. The Bertz CT molecular complexity index is 584. The van der Waals surface area contributed by atoms with Crippen LogP contribution in [0, 0.1) is 10.1 Å². The van der Waals surface area contributed by atoms with E-state index in [2.05, 4.69) is 10.3 Å². The minimum Gasteiger partial charge on any atom is -0.390 e. The number of nitrogens with zero attached hydrogens (tertiary/aromatic N) is 4. The molecular weight excluding hydrogens is 260 g/mol. The Morgan fingerprint density at radius 2 is 2.28 bits per heavy atom. The molecule has 94 valence electrons. The lowest BCUT2D eigenvalue weighted by molar-refractivity contribution is -0.385. The van der Waals surface area contributed by atoms with Gasteiger partial charge in [-0.25, -0.2) is 4.68 Å². The number of nitro groups is 1. The average molecular weight is 269 g/mol. The molecule has 8 heteroatoms. The van der Waals surface area contributed by atoms with Crippen molar-refractivity contribution < 1.29 is 10.0 Å². The number of aromatic nitrogens is 3. The van der Waals surface area contributed by atoms with E-state index < -0.39 is 4.92 Å². The Hall–Kier alpha value is -1.99. The van der Waals surface area contributed by atoms with Gasteiger partial charge in [0.05, 0.1) is 29.8 Å². The van der Waals surface area contributed by atoms with Gasteiger partial charge in [-0.2, -0.15) is 0 Å². The third-order valence-corrected chi connectivity index (χ3v) is 2.56. The van der Waals surface area contributed by atoms with Crippen LogP contribution in [-0.4, -0.2) is 25.0 Å². The number of nitro benzene ring substituents is 1. The summed E-state index contributed by atoms with van der Waals surface area (Å²) < 4.78 is 1.42. The van der Waals surface area contributed by atoms with Crippen molar-refractivity contribution >= 4 is 17.3 Å². The molecule has 0 amide bonds. The average Bonchev–Trinajstić information content (AvgIpc) is 2.79. The van der Waals surface area contributed by atoms with E-state index in [0.717, 1.165) is 0 Å². The largest absolute Gasteiger partial charge is 0.390 e. The Kier molecular flexibility index (Phi) is 3.54. The van der Waals surface area contributed by atoms with Gasteiger partial charge in [-0.3, -0.25) is 10.1 Å². The van der Waals surface area contributed by atoms with Crippen LogP contribution in [0.15, 0.2) is 24.4 Å². The molecule has 0 unspecified atom stereocenters. The predicted molar refractivity (Wildman–Crippen MR) is 63.2 cm³/mol. The van der Waals surface area contributed by atoms with Crippen LogP contribution < -0.4 is 0 Å². The summed E-state index contributed by atoms with van der Waals surface area (Å²) in [7, 11) is 0. The molecule has 7 nitrogen and oxygen atoms in total. The molecule has 0 aliphatic heterocycles. The molecule has 0 saturated carbocycles. The molecular formula is C10H9ClN4O3. The van der Waals surface area contributed by atoms with Gasteiger partial charge in [0.15, 0.2) is 0 Å². The number of rotatable bonds is 4. The first-order valence-corrected chi connectivity index (χ1v) is 5.40. The van der Waals surface area contributed by atoms with E-state index in [4.69, 9.17) is 16.7 Å². The lowest BCUT2D eigenvalue weighted by Crippen LogP contribution is -2.04. The first kappa shape index (κ1) is 12.5. The number of hydrogen-bond acceptors (Lipinski definition) is 5. The summed E-state index contributed by atoms with van der Waals surface area (Å²) in [4.78, 5) is 10.4. The van der Waals surface area contributed by atoms with Gasteiger partial charge in [0.25, 0.3) is 5.69 Å². The highest BCUT2D eigenvalue weighted by Gasteiger charge is 2.15. The van der Waals surface area contributed by atoms with Gasteiger partial charge >= 0.3 is 0 Å². The highest BCUT2D eigenvalue weighted by Crippen LogP contribution is 2.23. The zero-order chi connectivity index (χ0) is 13.1. The maximum atomic E-state index is 10.9. The second kappa shape index (κ2) is 5.11. The number of aliphatic hydroxyl groups excluding tert-OH is 1. The van der Waals surface area contributed by atoms with Crippen LogP contribution in [0.4, 0.5) is 5.69 Å². The fourth-order valence-electron chi connectivity index (χ4n) is 1.50. The monoisotopic (exact) mass is 268 g/mol. The molecule has 0 saturated heterocycles. The first-order valence-electron chi connectivity index (χ1n) is 5.03. The molecule has 0 radical (unpaired) electrons. The normalized spacial score (nSPS) is 10.6. The van der Waals surface area contributed by atoms with Crippen molar-refractivity contribution in [2.75, 3.05) is 0 Å². The zero-order valence-corrected chi connectivity index (χ0v) is 9.91. The Balaban J connectivity index is 2.30. The van der Waals surface area contributed by atoms with E-state index in [1.807, 2.05) is 0 Å². The smallest absolute Gasteiger partial charge is 0.275 e. The molecule has 1 heterocycles. The maximum absolute atomic E-state index is 10.9. The van der Waals surface area contributed by atoms with Crippen molar-refractivity contribution in [1.29, 1.82) is 0 Å². The lowest BCUT2D eigenvalue weighted by Gasteiger charge is -2.03. The van der Waals surface area contributed by atoms with Crippen LogP contribution in [0.3, 0.4) is 0 Å². The van der Waals surface area contributed by atoms with Crippen LogP contribution in [0.2, 0.25) is 5.02 Å². The van der Waals surface area contributed by atoms with E-state index in [9.17, 15) is 10.1 Å². The van der Waals surface area contributed by atoms with Gasteiger partial charge < -0.3 is 5.11 Å². The maximum Gasteiger partial charge on any atom is 0.275 e. The van der Waals surface area contributed by atoms with Gasteiger partial charge in [-0.05, 0) is 12.1 Å². The van der Waals surface area contributed by atoms with Crippen molar-refractivity contribution in [3.8, 4) is 0 Å². The molecule has 0 spiro atoms. The molecule has 0 aliphatic rings. The Morgan fingerprint density at radius 1 is 1.50 bits per heavy atom. The summed E-state index contributed by atoms with van der Waals surface area (Å²) in [6.45, 7) is -0.0246. The molecule has 0 bridgehead atoms. The summed E-state index contributed by atoms with van der Waals surface area (Å²) >= 11 is 5.72. The SMILES string of the molecule is O=[N+]([O-])c1cc(Cl)ccc1Cn1cc(CO)nn1. The van der Waals surface area contributed by atoms with Crippen molar-refractivity contribution in [1.82, 2.24) is 15.0 Å². The molecule has 2 aromatic rings. The first-order chi connectivity index (χ1) is 8.60. The molecule has 0 atom stereocenters. The van der Waals surface area contributed by atoms with E-state index in [1.165, 1.54) is 16.9 Å². The van der Waals surface area contributed by atoms with E-state index in [-0.39, 0.29) is 18.8 Å². The third kappa shape index (κ3) is 2.63. The second-order valence-corrected chi connectivity index (χ2v) is 4.03. The van der Waals surface area contributed by atoms with Crippen molar-refractivity contribution in [2.45, 2.75) is 13.2 Å². The highest BCUT2D eigenvalue weighted by molar-refractivity contribution is 6.30. The Labute approximate surface area is 107 Å². The van der Waals surface area contributed by atoms with Crippen LogP contribution in [0.1, 0.15) is 11.3 Å². The van der Waals surface area contributed by atoms with Crippen LogP contribution in [-0.2, 0) is 13.2 Å². The molecule has 1 N–H and O–H groups in total. The van der Waals surface area contributed by atoms with Crippen LogP contribution in [0.5, 0.6) is 0 Å². The zero-order valence-electron chi connectivity index (χ0n) is 9.15. The number of hydrogen-bond donors (Lipinski definition) is 1. The van der Waals surface area contributed by atoms with Crippen molar-refractivity contribution in [3.63, 3.8) is 0 Å².